The van der Waals surface area contributed by atoms with Crippen molar-refractivity contribution >= 4 is 5.57 Å². The summed E-state index contributed by atoms with van der Waals surface area (Å²) in [5.74, 6) is 0. The predicted molar refractivity (Wildman–Crippen MR) is 92.8 cm³/mol. The lowest BCUT2D eigenvalue weighted by atomic mass is 10.0. The first-order valence-electron chi connectivity index (χ1n) is 7.50. The van der Waals surface area contributed by atoms with E-state index >= 15 is 0 Å². The molecule has 0 atom stereocenters. The zero-order valence-electron chi connectivity index (χ0n) is 12.8. The van der Waals surface area contributed by atoms with Crippen molar-refractivity contribution in [3.8, 4) is 0 Å². The molecule has 0 aliphatic carbocycles. The highest BCUT2D eigenvalue weighted by Crippen LogP contribution is 2.17. The number of rotatable bonds is 6. The minimum atomic E-state index is 0.992. The van der Waals surface area contributed by atoms with Crippen LogP contribution in [0.15, 0.2) is 84.1 Å². The second-order valence-electron chi connectivity index (χ2n) is 5.08. The van der Waals surface area contributed by atoms with Crippen LogP contribution in [0.4, 0.5) is 0 Å². The number of nitrogens with one attached hydrogen (secondary N) is 1. The van der Waals surface area contributed by atoms with E-state index in [1.54, 1.807) is 0 Å². The largest absolute Gasteiger partial charge is 0.386 e. The second kappa shape index (κ2) is 8.11. The van der Waals surface area contributed by atoms with E-state index < -0.39 is 0 Å². The van der Waals surface area contributed by atoms with Crippen molar-refractivity contribution in [2.24, 2.45) is 0 Å². The molecule has 0 aromatic heterocycles. The van der Waals surface area contributed by atoms with Gasteiger partial charge in [-0.15, -0.1) is 0 Å². The third-order valence-electron chi connectivity index (χ3n) is 3.58. The van der Waals surface area contributed by atoms with Crippen molar-refractivity contribution in [2.75, 3.05) is 6.54 Å². The van der Waals surface area contributed by atoms with Gasteiger partial charge in [0.05, 0.1) is 0 Å². The standard InChI is InChI=1S/C20H23N/c1-3-18(19-13-9-6-10-14-19)12-8-5-4-7-11-17(2)20-15-21-16-20/h4-15,21H,3,16H2,1-2H3/b7-4-,8-5+,17-11-,18-12+. The summed E-state index contributed by atoms with van der Waals surface area (Å²) in [4.78, 5) is 0. The third kappa shape index (κ3) is 4.64. The summed E-state index contributed by atoms with van der Waals surface area (Å²) in [5.41, 5.74) is 5.37. The Bertz CT molecular complexity index is 598. The molecular weight excluding hydrogens is 254 g/mol. The summed E-state index contributed by atoms with van der Waals surface area (Å²) in [5, 5.41) is 3.14. The molecule has 21 heavy (non-hydrogen) atoms. The van der Waals surface area contributed by atoms with Crippen LogP contribution in [0.2, 0.25) is 0 Å². The maximum absolute atomic E-state index is 3.14. The molecular formula is C20H23N. The summed E-state index contributed by atoms with van der Waals surface area (Å²) in [7, 11) is 0. The molecule has 1 aliphatic rings. The van der Waals surface area contributed by atoms with Gasteiger partial charge < -0.3 is 5.32 Å². The van der Waals surface area contributed by atoms with E-state index in [4.69, 9.17) is 0 Å². The van der Waals surface area contributed by atoms with Gasteiger partial charge in [-0.05, 0) is 35.6 Å². The Kier molecular flexibility index (Phi) is 5.83. The Hall–Kier alpha value is -2.28. The summed E-state index contributed by atoms with van der Waals surface area (Å²) < 4.78 is 0. The molecule has 0 unspecified atom stereocenters. The van der Waals surface area contributed by atoms with Crippen molar-refractivity contribution in [1.29, 1.82) is 0 Å². The van der Waals surface area contributed by atoms with E-state index in [0.29, 0.717) is 0 Å². The average molecular weight is 277 g/mol. The van der Waals surface area contributed by atoms with Gasteiger partial charge in [-0.2, -0.15) is 0 Å². The van der Waals surface area contributed by atoms with E-state index in [9.17, 15) is 0 Å². The summed E-state index contributed by atoms with van der Waals surface area (Å²) in [6, 6.07) is 10.5. The van der Waals surface area contributed by atoms with Crippen molar-refractivity contribution in [3.63, 3.8) is 0 Å². The first kappa shape index (κ1) is 15.1. The quantitative estimate of drug-likeness (QED) is 0.719. The van der Waals surface area contributed by atoms with Gasteiger partial charge in [0, 0.05) is 12.7 Å². The van der Waals surface area contributed by atoms with Gasteiger partial charge in [-0.1, -0.05) is 73.7 Å². The molecule has 1 heterocycles. The molecule has 0 fully saturated rings. The molecule has 1 aromatic carbocycles. The molecule has 108 valence electrons. The van der Waals surface area contributed by atoms with Crippen LogP contribution in [-0.2, 0) is 0 Å². The van der Waals surface area contributed by atoms with Gasteiger partial charge in [0.1, 0.15) is 0 Å². The highest BCUT2D eigenvalue weighted by atomic mass is 14.9. The smallest absolute Gasteiger partial charge is 0.0412 e. The molecule has 0 bridgehead atoms. The monoisotopic (exact) mass is 277 g/mol. The van der Waals surface area contributed by atoms with E-state index in [-0.39, 0.29) is 0 Å². The van der Waals surface area contributed by atoms with Gasteiger partial charge in [-0.25, -0.2) is 0 Å². The zero-order chi connectivity index (χ0) is 14.9. The molecule has 0 spiro atoms. The van der Waals surface area contributed by atoms with Crippen LogP contribution in [0, 0.1) is 0 Å². The van der Waals surface area contributed by atoms with Crippen LogP contribution in [0.5, 0.6) is 0 Å². The number of benzene rings is 1. The maximum Gasteiger partial charge on any atom is 0.0412 e. The van der Waals surface area contributed by atoms with Crippen molar-refractivity contribution < 1.29 is 0 Å². The second-order valence-corrected chi connectivity index (χ2v) is 5.08. The van der Waals surface area contributed by atoms with Crippen LogP contribution in [-0.4, -0.2) is 6.54 Å². The number of allylic oxidation sites excluding steroid dienone is 7. The average Bonchev–Trinajstić information content (AvgIpc) is 2.45. The van der Waals surface area contributed by atoms with Crippen LogP contribution in [0.1, 0.15) is 25.8 Å². The van der Waals surface area contributed by atoms with E-state index in [1.807, 2.05) is 0 Å². The molecule has 1 heteroatoms. The first-order valence-corrected chi connectivity index (χ1v) is 7.50. The topological polar surface area (TPSA) is 12.0 Å². The lowest BCUT2D eigenvalue weighted by Gasteiger charge is -2.16. The van der Waals surface area contributed by atoms with Gasteiger partial charge in [0.25, 0.3) is 0 Å². The van der Waals surface area contributed by atoms with Gasteiger partial charge >= 0.3 is 0 Å². The van der Waals surface area contributed by atoms with Gasteiger partial charge in [-0.3, -0.25) is 0 Å². The zero-order valence-corrected chi connectivity index (χ0v) is 12.8. The highest BCUT2D eigenvalue weighted by Gasteiger charge is 2.04. The molecule has 0 saturated heterocycles. The first-order chi connectivity index (χ1) is 10.3. The van der Waals surface area contributed by atoms with Crippen molar-refractivity contribution in [1.82, 2.24) is 5.32 Å². The van der Waals surface area contributed by atoms with Crippen LogP contribution in [0.3, 0.4) is 0 Å². The minimum Gasteiger partial charge on any atom is -0.386 e. The Morgan fingerprint density at radius 1 is 1.05 bits per heavy atom. The SMILES string of the molecule is CC\C(=C/C=C/C=C\C=C(\C)C1=CNC1)c1ccccc1. The molecule has 2 rings (SSSR count). The van der Waals surface area contributed by atoms with E-state index in [1.165, 1.54) is 22.3 Å². The Morgan fingerprint density at radius 2 is 1.71 bits per heavy atom. The van der Waals surface area contributed by atoms with Crippen LogP contribution in [0.25, 0.3) is 5.57 Å². The minimum absolute atomic E-state index is 0.992. The third-order valence-corrected chi connectivity index (χ3v) is 3.58. The molecule has 1 N–H and O–H groups in total. The maximum atomic E-state index is 3.14. The van der Waals surface area contributed by atoms with Crippen LogP contribution >= 0.6 is 0 Å². The Labute approximate surface area is 128 Å². The number of hydrogen-bond donors (Lipinski definition) is 1. The summed E-state index contributed by atoms with van der Waals surface area (Å²) in [6.07, 6.45) is 15.8. The predicted octanol–water partition coefficient (Wildman–Crippen LogP) is 5.03. The normalized spacial score (nSPS) is 16.0. The summed E-state index contributed by atoms with van der Waals surface area (Å²) >= 11 is 0. The van der Waals surface area contributed by atoms with Crippen LogP contribution < -0.4 is 5.32 Å². The lowest BCUT2D eigenvalue weighted by Crippen LogP contribution is -2.22. The molecule has 1 aliphatic heterocycles. The fourth-order valence-corrected chi connectivity index (χ4v) is 2.13. The molecule has 0 saturated carbocycles. The fraction of sp³-hybridized carbons (Fsp3) is 0.200. The highest BCUT2D eigenvalue weighted by molar-refractivity contribution is 5.66. The van der Waals surface area contributed by atoms with Crippen molar-refractivity contribution in [3.05, 3.63) is 89.7 Å². The molecule has 1 aromatic rings. The van der Waals surface area contributed by atoms with Gasteiger partial charge in [0.15, 0.2) is 0 Å². The summed E-state index contributed by atoms with van der Waals surface area (Å²) in [6.45, 7) is 5.33. The number of hydrogen-bond acceptors (Lipinski definition) is 1. The molecule has 0 amide bonds. The van der Waals surface area contributed by atoms with E-state index in [2.05, 4.69) is 92.2 Å². The Morgan fingerprint density at radius 3 is 2.29 bits per heavy atom. The van der Waals surface area contributed by atoms with E-state index in [0.717, 1.165) is 13.0 Å². The molecule has 1 nitrogen and oxygen atoms in total. The fourth-order valence-electron chi connectivity index (χ4n) is 2.13. The molecule has 0 radical (unpaired) electrons. The van der Waals surface area contributed by atoms with Crippen molar-refractivity contribution in [2.45, 2.75) is 20.3 Å². The van der Waals surface area contributed by atoms with Gasteiger partial charge in [0.2, 0.25) is 0 Å². The lowest BCUT2D eigenvalue weighted by molar-refractivity contribution is 0.841. The Balaban J connectivity index is 1.92.